The number of nitrogens with zero attached hydrogens (tertiary/aromatic N) is 5. The van der Waals surface area contributed by atoms with Crippen molar-refractivity contribution in [1.82, 2.24) is 19.4 Å². The maximum atomic E-state index is 5.73. The minimum atomic E-state index is 0.462. The van der Waals surface area contributed by atoms with Crippen LogP contribution in [0.15, 0.2) is 36.9 Å². The van der Waals surface area contributed by atoms with Gasteiger partial charge in [-0.3, -0.25) is 4.40 Å². The van der Waals surface area contributed by atoms with Gasteiger partial charge >= 0.3 is 0 Å². The van der Waals surface area contributed by atoms with Gasteiger partial charge in [0.15, 0.2) is 0 Å². The van der Waals surface area contributed by atoms with Crippen molar-refractivity contribution in [2.45, 2.75) is 12.8 Å². The van der Waals surface area contributed by atoms with E-state index in [1.807, 2.05) is 16.8 Å². The lowest BCUT2D eigenvalue weighted by molar-refractivity contribution is 0.949. The van der Waals surface area contributed by atoms with E-state index in [9.17, 15) is 0 Å². The quantitative estimate of drug-likeness (QED) is 0.777. The Hall–Kier alpha value is -2.63. The number of hydrogen-bond donors (Lipinski definition) is 1. The first-order valence-corrected chi connectivity index (χ1v) is 7.11. The average Bonchev–Trinajstić information content (AvgIpc) is 3.16. The van der Waals surface area contributed by atoms with E-state index >= 15 is 0 Å². The zero-order chi connectivity index (χ0) is 14.2. The van der Waals surface area contributed by atoms with E-state index in [1.165, 1.54) is 24.9 Å². The third kappa shape index (κ3) is 2.08. The molecule has 21 heavy (non-hydrogen) atoms. The molecule has 1 aliphatic rings. The average molecular weight is 280 g/mol. The lowest BCUT2D eigenvalue weighted by atomic mass is 10.3. The topological polar surface area (TPSA) is 72.3 Å². The largest absolute Gasteiger partial charge is 0.384 e. The summed E-state index contributed by atoms with van der Waals surface area (Å²) in [5, 5.41) is 0. The number of aromatic nitrogens is 4. The van der Waals surface area contributed by atoms with Crippen molar-refractivity contribution in [2.75, 3.05) is 23.7 Å². The van der Waals surface area contributed by atoms with Crippen LogP contribution in [0.5, 0.6) is 0 Å². The number of fused-ring (bicyclic) bond motifs is 1. The Balaban J connectivity index is 1.78. The van der Waals surface area contributed by atoms with Crippen molar-refractivity contribution in [3.63, 3.8) is 0 Å². The molecule has 3 aromatic rings. The number of hydrogen-bond acceptors (Lipinski definition) is 5. The third-order valence-electron chi connectivity index (χ3n) is 3.92. The molecule has 0 atom stereocenters. The van der Waals surface area contributed by atoms with Gasteiger partial charge in [-0.05, 0) is 18.9 Å². The molecule has 0 saturated carbocycles. The fraction of sp³-hybridized carbons (Fsp3) is 0.267. The Morgan fingerprint density at radius 1 is 1.05 bits per heavy atom. The molecule has 0 bridgehead atoms. The highest BCUT2D eigenvalue weighted by atomic mass is 15.1. The van der Waals surface area contributed by atoms with E-state index in [-0.39, 0.29) is 0 Å². The second-order valence-electron chi connectivity index (χ2n) is 5.28. The summed E-state index contributed by atoms with van der Waals surface area (Å²) in [7, 11) is 0. The van der Waals surface area contributed by atoms with Gasteiger partial charge in [0, 0.05) is 37.1 Å². The van der Waals surface area contributed by atoms with Crippen molar-refractivity contribution >= 4 is 17.2 Å². The van der Waals surface area contributed by atoms with Gasteiger partial charge in [-0.2, -0.15) is 0 Å². The Morgan fingerprint density at radius 2 is 1.90 bits per heavy atom. The Kier molecular flexibility index (Phi) is 2.73. The molecule has 0 amide bonds. The smallest absolute Gasteiger partial charge is 0.139 e. The van der Waals surface area contributed by atoms with Crippen molar-refractivity contribution in [1.29, 1.82) is 0 Å². The molecular weight excluding hydrogens is 264 g/mol. The standard InChI is InChI=1S/C15H16N6/c16-14-8-12(18-10-19-14)13-9-17-15-7-11(3-6-21(13)15)20-4-1-2-5-20/h3,6-10H,1-2,4-5H2,(H2,16,18,19). The third-order valence-corrected chi connectivity index (χ3v) is 3.92. The Morgan fingerprint density at radius 3 is 2.71 bits per heavy atom. The molecular formula is C15H16N6. The van der Waals surface area contributed by atoms with Crippen molar-refractivity contribution in [3.8, 4) is 11.4 Å². The monoisotopic (exact) mass is 280 g/mol. The van der Waals surface area contributed by atoms with Crippen molar-refractivity contribution in [2.24, 2.45) is 0 Å². The summed E-state index contributed by atoms with van der Waals surface area (Å²) in [6.07, 6.45) is 7.88. The highest BCUT2D eigenvalue weighted by Crippen LogP contribution is 2.25. The van der Waals surface area contributed by atoms with Crippen molar-refractivity contribution < 1.29 is 0 Å². The Labute approximate surface area is 122 Å². The van der Waals surface area contributed by atoms with Crippen LogP contribution in [0, 0.1) is 0 Å². The molecule has 0 radical (unpaired) electrons. The predicted octanol–water partition coefficient (Wildman–Crippen LogP) is 1.97. The van der Waals surface area contributed by atoms with Crippen LogP contribution in [0.3, 0.4) is 0 Å². The number of imidazole rings is 1. The predicted molar refractivity (Wildman–Crippen MR) is 82.1 cm³/mol. The highest BCUT2D eigenvalue weighted by molar-refractivity contribution is 5.65. The lowest BCUT2D eigenvalue weighted by Gasteiger charge is -2.17. The molecule has 6 nitrogen and oxygen atoms in total. The van der Waals surface area contributed by atoms with Gasteiger partial charge in [0.1, 0.15) is 17.8 Å². The van der Waals surface area contributed by atoms with Gasteiger partial charge in [-0.25, -0.2) is 15.0 Å². The molecule has 6 heteroatoms. The second kappa shape index (κ2) is 4.73. The maximum Gasteiger partial charge on any atom is 0.139 e. The maximum absolute atomic E-state index is 5.73. The van der Waals surface area contributed by atoms with Crippen LogP contribution in [-0.2, 0) is 0 Å². The minimum Gasteiger partial charge on any atom is -0.384 e. The molecule has 0 aromatic carbocycles. The summed E-state index contributed by atoms with van der Waals surface area (Å²) in [5.74, 6) is 0.462. The zero-order valence-electron chi connectivity index (χ0n) is 11.6. The van der Waals surface area contributed by atoms with Crippen LogP contribution in [0.4, 0.5) is 11.5 Å². The normalized spacial score (nSPS) is 15.0. The molecule has 4 rings (SSSR count). The number of nitrogens with two attached hydrogens (primary N) is 1. The van der Waals surface area contributed by atoms with Crippen LogP contribution < -0.4 is 10.6 Å². The Bertz CT molecular complexity index is 788. The van der Waals surface area contributed by atoms with E-state index in [4.69, 9.17) is 5.73 Å². The number of nitrogen functional groups attached to an aromatic ring is 1. The lowest BCUT2D eigenvalue weighted by Crippen LogP contribution is -2.17. The first-order valence-electron chi connectivity index (χ1n) is 7.11. The number of pyridine rings is 1. The van der Waals surface area contributed by atoms with Gasteiger partial charge < -0.3 is 10.6 Å². The van der Waals surface area contributed by atoms with E-state index in [0.29, 0.717) is 5.82 Å². The van der Waals surface area contributed by atoms with Gasteiger partial charge in [0.2, 0.25) is 0 Å². The van der Waals surface area contributed by atoms with Crippen LogP contribution >= 0.6 is 0 Å². The highest BCUT2D eigenvalue weighted by Gasteiger charge is 2.14. The van der Waals surface area contributed by atoms with Crippen molar-refractivity contribution in [3.05, 3.63) is 36.9 Å². The molecule has 3 aromatic heterocycles. The molecule has 0 unspecified atom stereocenters. The van der Waals surface area contributed by atoms with Gasteiger partial charge in [0.25, 0.3) is 0 Å². The summed E-state index contributed by atoms with van der Waals surface area (Å²) < 4.78 is 2.03. The first kappa shape index (κ1) is 12.1. The first-order chi connectivity index (χ1) is 10.3. The van der Waals surface area contributed by atoms with Gasteiger partial charge in [0.05, 0.1) is 17.6 Å². The van der Waals surface area contributed by atoms with E-state index < -0.39 is 0 Å². The SMILES string of the molecule is Nc1cc(-c2cnc3cc(N4CCCC4)ccn23)ncn1. The van der Waals surface area contributed by atoms with Crippen LogP contribution in [-0.4, -0.2) is 32.4 Å². The van der Waals surface area contributed by atoms with Crippen LogP contribution in [0.2, 0.25) is 0 Å². The summed E-state index contributed by atoms with van der Waals surface area (Å²) in [6.45, 7) is 2.26. The summed E-state index contributed by atoms with van der Waals surface area (Å²) in [6, 6.07) is 6.02. The van der Waals surface area contributed by atoms with Crippen LogP contribution in [0.25, 0.3) is 17.0 Å². The molecule has 1 aliphatic heterocycles. The fourth-order valence-corrected chi connectivity index (χ4v) is 2.84. The molecule has 4 heterocycles. The van der Waals surface area contributed by atoms with E-state index in [1.54, 1.807) is 6.07 Å². The fourth-order valence-electron chi connectivity index (χ4n) is 2.84. The molecule has 106 valence electrons. The molecule has 0 spiro atoms. The second-order valence-corrected chi connectivity index (χ2v) is 5.28. The van der Waals surface area contributed by atoms with Gasteiger partial charge in [-0.1, -0.05) is 0 Å². The number of anilines is 2. The summed E-state index contributed by atoms with van der Waals surface area (Å²) in [4.78, 5) is 15.1. The molecule has 0 aliphatic carbocycles. The molecule has 1 saturated heterocycles. The summed E-state index contributed by atoms with van der Waals surface area (Å²) in [5.41, 5.74) is 9.59. The minimum absolute atomic E-state index is 0.462. The van der Waals surface area contributed by atoms with E-state index in [2.05, 4.69) is 32.0 Å². The zero-order valence-corrected chi connectivity index (χ0v) is 11.6. The van der Waals surface area contributed by atoms with Gasteiger partial charge in [-0.15, -0.1) is 0 Å². The molecule has 1 fully saturated rings. The number of rotatable bonds is 2. The van der Waals surface area contributed by atoms with E-state index in [0.717, 1.165) is 30.1 Å². The molecule has 2 N–H and O–H groups in total. The summed E-state index contributed by atoms with van der Waals surface area (Å²) >= 11 is 0. The van der Waals surface area contributed by atoms with Crippen LogP contribution in [0.1, 0.15) is 12.8 Å².